The monoisotopic (exact) mass is 419 g/mol. The second-order valence-electron chi connectivity index (χ2n) is 7.03. The number of aryl methyl sites for hydroxylation is 1. The maximum absolute atomic E-state index is 13.2. The van der Waals surface area contributed by atoms with E-state index in [1.807, 2.05) is 24.3 Å². The summed E-state index contributed by atoms with van der Waals surface area (Å²) in [7, 11) is -2.10. The summed E-state index contributed by atoms with van der Waals surface area (Å²) < 4.78 is 33.0. The number of hydrogen-bond donors (Lipinski definition) is 1. The third kappa shape index (κ3) is 4.06. The van der Waals surface area contributed by atoms with Crippen molar-refractivity contribution in [1.29, 1.82) is 0 Å². The Morgan fingerprint density at radius 3 is 2.46 bits per heavy atom. The van der Waals surface area contributed by atoms with E-state index in [0.717, 1.165) is 17.7 Å². The summed E-state index contributed by atoms with van der Waals surface area (Å²) in [4.78, 5) is 0.229. The zero-order valence-corrected chi connectivity index (χ0v) is 17.5. The van der Waals surface area contributed by atoms with Gasteiger partial charge in [0.15, 0.2) is 5.05 Å². The maximum Gasteiger partial charge on any atom is 0.244 e. The molecule has 7 heteroatoms. The standard InChI is InChI=1S/C21H25NO4S2/c1-26-18-12-10-17(11-13-18)7-5-14-21(20(23)27)15-6-16-22(21)28(24,25)19-8-3-2-4-9-19/h2-4,8-13H,5-7,14-16H2,1H3,(H,23,27)/t21-/m0/s1. The Morgan fingerprint density at radius 1 is 1.18 bits per heavy atom. The van der Waals surface area contributed by atoms with Crippen molar-refractivity contribution in [2.24, 2.45) is 0 Å². The molecule has 3 rings (SSSR count). The number of aliphatic hydroxyl groups excluding tert-OH is 1. The van der Waals surface area contributed by atoms with Gasteiger partial charge in [-0.2, -0.15) is 4.31 Å². The van der Waals surface area contributed by atoms with E-state index >= 15 is 0 Å². The SMILES string of the molecule is COc1ccc(CCC[C@@]2(C(O)=S)CCCN2S(=O)(=O)c2ccccc2)cc1. The van der Waals surface area contributed by atoms with Crippen LogP contribution in [0, 0.1) is 0 Å². The van der Waals surface area contributed by atoms with E-state index in [1.165, 1.54) is 4.31 Å². The minimum atomic E-state index is -3.73. The number of rotatable bonds is 8. The Hall–Kier alpha value is -1.96. The topological polar surface area (TPSA) is 66.8 Å². The summed E-state index contributed by atoms with van der Waals surface area (Å²) in [5, 5.41) is 10.1. The van der Waals surface area contributed by atoms with Crippen LogP contribution in [0.4, 0.5) is 0 Å². The van der Waals surface area contributed by atoms with Crippen LogP contribution in [0.3, 0.4) is 0 Å². The number of ether oxygens (including phenoxy) is 1. The normalized spacial score (nSPS) is 20.2. The van der Waals surface area contributed by atoms with Crippen molar-refractivity contribution >= 4 is 27.3 Å². The maximum atomic E-state index is 13.2. The molecule has 0 spiro atoms. The van der Waals surface area contributed by atoms with E-state index in [1.54, 1.807) is 37.4 Å². The molecule has 5 nitrogen and oxygen atoms in total. The van der Waals surface area contributed by atoms with Crippen molar-refractivity contribution in [1.82, 2.24) is 4.31 Å². The van der Waals surface area contributed by atoms with E-state index in [9.17, 15) is 13.5 Å². The first-order chi connectivity index (χ1) is 13.4. The first-order valence-electron chi connectivity index (χ1n) is 9.34. The van der Waals surface area contributed by atoms with Gasteiger partial charge in [-0.3, -0.25) is 0 Å². The molecule has 1 N–H and O–H groups in total. The molecule has 0 unspecified atom stereocenters. The van der Waals surface area contributed by atoms with Crippen molar-refractivity contribution in [2.45, 2.75) is 42.5 Å². The zero-order chi connectivity index (χ0) is 20.2. The summed E-state index contributed by atoms with van der Waals surface area (Å²) in [6.45, 7) is 0.362. The Kier molecular flexibility index (Phi) is 6.37. The molecule has 0 saturated carbocycles. The lowest BCUT2D eigenvalue weighted by molar-refractivity contribution is 0.271. The highest BCUT2D eigenvalue weighted by Gasteiger charge is 2.50. The fourth-order valence-electron chi connectivity index (χ4n) is 3.87. The zero-order valence-electron chi connectivity index (χ0n) is 15.9. The van der Waals surface area contributed by atoms with Gasteiger partial charge in [0.1, 0.15) is 11.3 Å². The first kappa shape index (κ1) is 20.8. The largest absolute Gasteiger partial charge is 0.501 e. The predicted molar refractivity (Wildman–Crippen MR) is 113 cm³/mol. The molecule has 0 aliphatic carbocycles. The number of benzene rings is 2. The smallest absolute Gasteiger partial charge is 0.244 e. The highest BCUT2D eigenvalue weighted by Crippen LogP contribution is 2.39. The minimum Gasteiger partial charge on any atom is -0.501 e. The van der Waals surface area contributed by atoms with Crippen molar-refractivity contribution < 1.29 is 18.3 Å². The molecule has 0 bridgehead atoms. The van der Waals surface area contributed by atoms with Crippen LogP contribution >= 0.6 is 12.2 Å². The Bertz CT molecular complexity index is 913. The van der Waals surface area contributed by atoms with Crippen molar-refractivity contribution in [3.8, 4) is 5.75 Å². The molecule has 1 saturated heterocycles. The molecule has 1 fully saturated rings. The summed E-state index contributed by atoms with van der Waals surface area (Å²) in [6.07, 6.45) is 3.19. The molecule has 150 valence electrons. The highest BCUT2D eigenvalue weighted by molar-refractivity contribution is 7.89. The fraction of sp³-hybridized carbons (Fsp3) is 0.381. The number of aliphatic hydroxyl groups is 1. The molecular formula is C21H25NO4S2. The van der Waals surface area contributed by atoms with Gasteiger partial charge in [0.05, 0.1) is 12.0 Å². The van der Waals surface area contributed by atoms with Crippen molar-refractivity contribution in [2.75, 3.05) is 13.7 Å². The van der Waals surface area contributed by atoms with Crippen LogP contribution in [0.5, 0.6) is 5.75 Å². The molecule has 1 aliphatic heterocycles. The molecule has 0 radical (unpaired) electrons. The van der Waals surface area contributed by atoms with Gasteiger partial charge in [0.2, 0.25) is 10.0 Å². The Labute approximate surface area is 172 Å². The van der Waals surface area contributed by atoms with E-state index < -0.39 is 15.6 Å². The first-order valence-corrected chi connectivity index (χ1v) is 11.2. The molecule has 1 atom stereocenters. The number of thiocarbonyl (C=S) groups is 1. The van der Waals surface area contributed by atoms with E-state index in [2.05, 4.69) is 0 Å². The second kappa shape index (κ2) is 8.59. The average Bonchev–Trinajstić information content (AvgIpc) is 3.15. The highest BCUT2D eigenvalue weighted by atomic mass is 32.2. The third-order valence-corrected chi connectivity index (χ3v) is 7.73. The van der Waals surface area contributed by atoms with Gasteiger partial charge in [0, 0.05) is 6.54 Å². The van der Waals surface area contributed by atoms with Gasteiger partial charge < -0.3 is 9.84 Å². The number of sulfonamides is 1. The quantitative estimate of drug-likeness (QED) is 0.652. The van der Waals surface area contributed by atoms with E-state index in [0.29, 0.717) is 32.2 Å². The summed E-state index contributed by atoms with van der Waals surface area (Å²) >= 11 is 5.16. The summed E-state index contributed by atoms with van der Waals surface area (Å²) in [6, 6.07) is 16.1. The summed E-state index contributed by atoms with van der Waals surface area (Å²) in [5.74, 6) is 0.799. The minimum absolute atomic E-state index is 0.229. The van der Waals surface area contributed by atoms with Gasteiger partial charge in [-0.1, -0.05) is 30.3 Å². The fourth-order valence-corrected chi connectivity index (χ4v) is 6.10. The van der Waals surface area contributed by atoms with Crippen LogP contribution in [-0.4, -0.2) is 42.1 Å². The molecule has 1 heterocycles. The number of methoxy groups -OCH3 is 1. The second-order valence-corrected chi connectivity index (χ2v) is 9.28. The van der Waals surface area contributed by atoms with Gasteiger partial charge in [-0.05, 0) is 74.2 Å². The van der Waals surface area contributed by atoms with Crippen LogP contribution in [0.2, 0.25) is 0 Å². The van der Waals surface area contributed by atoms with Gasteiger partial charge in [-0.15, -0.1) is 0 Å². The van der Waals surface area contributed by atoms with E-state index in [4.69, 9.17) is 17.0 Å². The Balaban J connectivity index is 1.79. The lowest BCUT2D eigenvalue weighted by atomic mass is 9.90. The van der Waals surface area contributed by atoms with Gasteiger partial charge in [0.25, 0.3) is 0 Å². The lowest BCUT2D eigenvalue weighted by Gasteiger charge is -2.36. The van der Waals surface area contributed by atoms with Crippen LogP contribution < -0.4 is 4.74 Å². The molecule has 0 aromatic heterocycles. The van der Waals surface area contributed by atoms with E-state index in [-0.39, 0.29) is 9.95 Å². The number of hydrogen-bond acceptors (Lipinski definition) is 4. The average molecular weight is 420 g/mol. The molecule has 2 aromatic rings. The Morgan fingerprint density at radius 2 is 1.86 bits per heavy atom. The van der Waals surface area contributed by atoms with Crippen LogP contribution in [0.25, 0.3) is 0 Å². The van der Waals surface area contributed by atoms with Crippen molar-refractivity contribution in [3.05, 3.63) is 60.2 Å². The molecule has 2 aromatic carbocycles. The molecular weight excluding hydrogens is 394 g/mol. The molecule has 0 amide bonds. The summed E-state index contributed by atoms with van der Waals surface area (Å²) in [5.41, 5.74) is 0.117. The van der Waals surface area contributed by atoms with Crippen molar-refractivity contribution in [3.63, 3.8) is 0 Å². The van der Waals surface area contributed by atoms with Gasteiger partial charge >= 0.3 is 0 Å². The third-order valence-electron chi connectivity index (χ3n) is 5.37. The predicted octanol–water partition coefficient (Wildman–Crippen LogP) is 4.13. The molecule has 1 aliphatic rings. The number of nitrogens with zero attached hydrogens (tertiary/aromatic N) is 1. The van der Waals surface area contributed by atoms with Gasteiger partial charge in [-0.25, -0.2) is 8.42 Å². The van der Waals surface area contributed by atoms with Crippen LogP contribution in [-0.2, 0) is 16.4 Å². The van der Waals surface area contributed by atoms with Crippen LogP contribution in [0.15, 0.2) is 59.5 Å². The van der Waals surface area contributed by atoms with Crippen LogP contribution in [0.1, 0.15) is 31.2 Å². The molecule has 28 heavy (non-hydrogen) atoms. The lowest BCUT2D eigenvalue weighted by Crippen LogP contribution is -2.52.